The van der Waals surface area contributed by atoms with Crippen molar-refractivity contribution in [3.05, 3.63) is 0 Å². The summed E-state index contributed by atoms with van der Waals surface area (Å²) >= 11 is 0. The lowest BCUT2D eigenvalue weighted by molar-refractivity contribution is -0.140. The Hall–Kier alpha value is -0.610. The van der Waals surface area contributed by atoms with Crippen molar-refractivity contribution in [2.45, 2.75) is 57.7 Å². The first-order chi connectivity index (χ1) is 8.97. The average Bonchev–Trinajstić information content (AvgIpc) is 2.25. The monoisotopic (exact) mass is 265 g/mol. The van der Waals surface area contributed by atoms with Crippen LogP contribution >= 0.6 is 0 Å². The summed E-state index contributed by atoms with van der Waals surface area (Å²) in [5, 5.41) is 0. The van der Waals surface area contributed by atoms with Crippen LogP contribution in [0.2, 0.25) is 0 Å². The molecule has 4 heteroatoms. The van der Waals surface area contributed by atoms with Crippen LogP contribution in [0, 0.1) is 0 Å². The molecule has 0 spiro atoms. The lowest BCUT2D eigenvalue weighted by atomic mass is 9.88. The van der Waals surface area contributed by atoms with E-state index in [2.05, 4.69) is 23.6 Å². The number of carbonyl (C=O) groups excluding carboxylic acids is 1. The quantitative estimate of drug-likeness (QED) is 0.712. The smallest absolute Gasteiger partial charge is 0.219 e. The SMILES string of the molecule is CC(=O)N1CC2CN(C3CCC3)CCN2C(C)(C)C1. The van der Waals surface area contributed by atoms with Crippen LogP contribution in [0.1, 0.15) is 40.0 Å². The van der Waals surface area contributed by atoms with E-state index in [9.17, 15) is 4.79 Å². The van der Waals surface area contributed by atoms with E-state index in [1.807, 2.05) is 4.90 Å². The number of carbonyl (C=O) groups is 1. The highest BCUT2D eigenvalue weighted by Crippen LogP contribution is 2.32. The van der Waals surface area contributed by atoms with Crippen molar-refractivity contribution in [3.8, 4) is 0 Å². The second-order valence-electron chi connectivity index (χ2n) is 7.14. The molecule has 0 aromatic carbocycles. The van der Waals surface area contributed by atoms with E-state index in [1.165, 1.54) is 32.4 Å². The molecule has 0 aromatic heterocycles. The first-order valence-corrected chi connectivity index (χ1v) is 7.74. The third-order valence-corrected chi connectivity index (χ3v) is 5.34. The molecule has 1 saturated carbocycles. The average molecular weight is 265 g/mol. The molecule has 108 valence electrons. The largest absolute Gasteiger partial charge is 0.339 e. The fourth-order valence-corrected chi connectivity index (χ4v) is 4.03. The van der Waals surface area contributed by atoms with E-state index in [1.54, 1.807) is 6.92 Å². The Bertz CT molecular complexity index is 364. The summed E-state index contributed by atoms with van der Waals surface area (Å²) in [5.74, 6) is 0.230. The van der Waals surface area contributed by atoms with Crippen molar-refractivity contribution in [1.29, 1.82) is 0 Å². The number of piperazine rings is 2. The minimum atomic E-state index is 0.125. The van der Waals surface area contributed by atoms with Gasteiger partial charge in [0.2, 0.25) is 5.91 Å². The lowest BCUT2D eigenvalue weighted by Gasteiger charge is -2.57. The molecule has 1 unspecified atom stereocenters. The molecule has 0 aromatic rings. The fraction of sp³-hybridized carbons (Fsp3) is 0.933. The molecule has 0 N–H and O–H groups in total. The Morgan fingerprint density at radius 3 is 2.42 bits per heavy atom. The van der Waals surface area contributed by atoms with Crippen molar-refractivity contribution in [1.82, 2.24) is 14.7 Å². The van der Waals surface area contributed by atoms with Crippen LogP contribution in [0.5, 0.6) is 0 Å². The molecule has 0 radical (unpaired) electrons. The van der Waals surface area contributed by atoms with E-state index < -0.39 is 0 Å². The Morgan fingerprint density at radius 1 is 1.11 bits per heavy atom. The van der Waals surface area contributed by atoms with Gasteiger partial charge in [0.1, 0.15) is 0 Å². The van der Waals surface area contributed by atoms with Gasteiger partial charge in [-0.05, 0) is 26.7 Å². The second kappa shape index (κ2) is 4.74. The molecule has 4 nitrogen and oxygen atoms in total. The number of rotatable bonds is 1. The van der Waals surface area contributed by atoms with E-state index >= 15 is 0 Å². The number of fused-ring (bicyclic) bond motifs is 1. The third kappa shape index (κ3) is 2.40. The zero-order chi connectivity index (χ0) is 13.6. The Morgan fingerprint density at radius 2 is 1.84 bits per heavy atom. The van der Waals surface area contributed by atoms with Crippen LogP contribution in [0.4, 0.5) is 0 Å². The molecular weight excluding hydrogens is 238 g/mol. The van der Waals surface area contributed by atoms with Crippen LogP contribution in [-0.4, -0.2) is 71.0 Å². The highest BCUT2D eigenvalue weighted by Gasteiger charge is 2.44. The van der Waals surface area contributed by atoms with Gasteiger partial charge in [-0.1, -0.05) is 6.42 Å². The Balaban J connectivity index is 1.71. The summed E-state index contributed by atoms with van der Waals surface area (Å²) in [5.41, 5.74) is 0.125. The molecule has 3 aliphatic rings. The van der Waals surface area contributed by atoms with Crippen molar-refractivity contribution >= 4 is 5.91 Å². The predicted molar refractivity (Wildman–Crippen MR) is 76.0 cm³/mol. The molecule has 1 atom stereocenters. The Kier molecular flexibility index (Phi) is 3.34. The van der Waals surface area contributed by atoms with Crippen LogP contribution in [0.15, 0.2) is 0 Å². The molecule has 19 heavy (non-hydrogen) atoms. The Labute approximate surface area is 116 Å². The summed E-state index contributed by atoms with van der Waals surface area (Å²) in [6.07, 6.45) is 4.17. The van der Waals surface area contributed by atoms with Crippen LogP contribution in [0.25, 0.3) is 0 Å². The number of hydrogen-bond acceptors (Lipinski definition) is 3. The van der Waals surface area contributed by atoms with Gasteiger partial charge in [-0.2, -0.15) is 0 Å². The van der Waals surface area contributed by atoms with Crippen molar-refractivity contribution < 1.29 is 4.79 Å². The predicted octanol–water partition coefficient (Wildman–Crippen LogP) is 1.17. The van der Waals surface area contributed by atoms with Crippen molar-refractivity contribution in [2.24, 2.45) is 0 Å². The summed E-state index contributed by atoms with van der Waals surface area (Å²) < 4.78 is 0. The standard InChI is InChI=1S/C15H27N3O/c1-12(19)17-10-14-9-16(13-5-4-6-13)7-8-18(14)15(2,3)11-17/h13-14H,4-11H2,1-3H3. The van der Waals surface area contributed by atoms with Crippen molar-refractivity contribution in [3.63, 3.8) is 0 Å². The summed E-state index contributed by atoms with van der Waals surface area (Å²) in [4.78, 5) is 19.1. The highest BCUT2D eigenvalue weighted by molar-refractivity contribution is 5.73. The zero-order valence-corrected chi connectivity index (χ0v) is 12.6. The normalized spacial score (nSPS) is 32.8. The first-order valence-electron chi connectivity index (χ1n) is 7.74. The molecule has 2 aliphatic heterocycles. The maximum atomic E-state index is 11.7. The second-order valence-corrected chi connectivity index (χ2v) is 7.14. The molecule has 3 rings (SSSR count). The van der Waals surface area contributed by atoms with E-state index in [0.717, 1.165) is 25.7 Å². The van der Waals surface area contributed by atoms with Gasteiger partial charge in [0.15, 0.2) is 0 Å². The maximum absolute atomic E-state index is 11.7. The highest BCUT2D eigenvalue weighted by atomic mass is 16.2. The van der Waals surface area contributed by atoms with Gasteiger partial charge in [0.05, 0.1) is 0 Å². The summed E-state index contributed by atoms with van der Waals surface area (Å²) in [6, 6.07) is 1.36. The summed E-state index contributed by atoms with van der Waals surface area (Å²) in [7, 11) is 0. The van der Waals surface area contributed by atoms with Crippen LogP contribution in [-0.2, 0) is 4.79 Å². The topological polar surface area (TPSA) is 26.8 Å². The minimum absolute atomic E-state index is 0.125. The molecule has 3 fully saturated rings. The molecule has 1 aliphatic carbocycles. The van der Waals surface area contributed by atoms with Gasteiger partial charge in [-0.15, -0.1) is 0 Å². The first kappa shape index (κ1) is 13.4. The molecule has 2 saturated heterocycles. The lowest BCUT2D eigenvalue weighted by Crippen LogP contribution is -2.71. The third-order valence-electron chi connectivity index (χ3n) is 5.34. The fourth-order valence-electron chi connectivity index (χ4n) is 4.03. The van der Waals surface area contributed by atoms with Gasteiger partial charge in [-0.25, -0.2) is 0 Å². The number of nitrogens with zero attached hydrogens (tertiary/aromatic N) is 3. The molecule has 2 heterocycles. The minimum Gasteiger partial charge on any atom is -0.339 e. The molecule has 1 amide bonds. The van der Waals surface area contributed by atoms with Crippen LogP contribution < -0.4 is 0 Å². The van der Waals surface area contributed by atoms with Crippen LogP contribution in [0.3, 0.4) is 0 Å². The van der Waals surface area contributed by atoms with Gasteiger partial charge >= 0.3 is 0 Å². The van der Waals surface area contributed by atoms with E-state index in [0.29, 0.717) is 6.04 Å². The van der Waals surface area contributed by atoms with Gasteiger partial charge in [0, 0.05) is 57.3 Å². The van der Waals surface area contributed by atoms with Gasteiger partial charge < -0.3 is 4.90 Å². The number of amides is 1. The zero-order valence-electron chi connectivity index (χ0n) is 12.6. The van der Waals surface area contributed by atoms with E-state index in [4.69, 9.17) is 0 Å². The molecule has 0 bridgehead atoms. The number of hydrogen-bond donors (Lipinski definition) is 0. The molecular formula is C15H27N3O. The maximum Gasteiger partial charge on any atom is 0.219 e. The van der Waals surface area contributed by atoms with Gasteiger partial charge in [-0.3, -0.25) is 14.6 Å². The van der Waals surface area contributed by atoms with Crippen molar-refractivity contribution in [2.75, 3.05) is 32.7 Å². The van der Waals surface area contributed by atoms with E-state index in [-0.39, 0.29) is 11.4 Å². The van der Waals surface area contributed by atoms with Gasteiger partial charge in [0.25, 0.3) is 0 Å². The summed E-state index contributed by atoms with van der Waals surface area (Å²) in [6.45, 7) is 11.6.